The van der Waals surface area contributed by atoms with Gasteiger partial charge in [-0.3, -0.25) is 4.79 Å². The number of carbonyl (C=O) groups is 1. The van der Waals surface area contributed by atoms with Crippen molar-refractivity contribution in [2.24, 2.45) is 11.7 Å². The Balaban J connectivity index is 1.92. The van der Waals surface area contributed by atoms with Gasteiger partial charge in [-0.05, 0) is 19.3 Å². The van der Waals surface area contributed by atoms with E-state index in [-0.39, 0.29) is 31.0 Å². The standard InChI is InChI=1S/C11H20N2O3/c12-8-3-1-2-7(4-8)11(16)13-5-9(14)10(15)6-13/h7-10,14-15H,1-6,12H2. The highest BCUT2D eigenvalue weighted by molar-refractivity contribution is 5.79. The highest BCUT2D eigenvalue weighted by atomic mass is 16.3. The zero-order valence-electron chi connectivity index (χ0n) is 9.38. The second kappa shape index (κ2) is 4.69. The third-order valence-electron chi connectivity index (χ3n) is 3.63. The first kappa shape index (κ1) is 11.8. The Labute approximate surface area is 95.2 Å². The Hall–Kier alpha value is -0.650. The van der Waals surface area contributed by atoms with E-state index < -0.39 is 12.2 Å². The van der Waals surface area contributed by atoms with Crippen LogP contribution >= 0.6 is 0 Å². The number of likely N-dealkylation sites (tertiary alicyclic amines) is 1. The molecule has 1 saturated heterocycles. The Morgan fingerprint density at radius 1 is 1.19 bits per heavy atom. The van der Waals surface area contributed by atoms with Crippen LogP contribution in [-0.4, -0.2) is 52.4 Å². The van der Waals surface area contributed by atoms with E-state index in [0.717, 1.165) is 25.7 Å². The van der Waals surface area contributed by atoms with Crippen molar-refractivity contribution in [3.63, 3.8) is 0 Å². The lowest BCUT2D eigenvalue weighted by Gasteiger charge is -2.29. The molecule has 4 unspecified atom stereocenters. The largest absolute Gasteiger partial charge is 0.388 e. The smallest absolute Gasteiger partial charge is 0.225 e. The molecule has 0 aromatic rings. The minimum Gasteiger partial charge on any atom is -0.388 e. The Morgan fingerprint density at radius 2 is 1.81 bits per heavy atom. The minimum absolute atomic E-state index is 0.0127. The first-order chi connectivity index (χ1) is 7.58. The number of carbonyl (C=O) groups excluding carboxylic acids is 1. The van der Waals surface area contributed by atoms with E-state index in [0.29, 0.717) is 0 Å². The van der Waals surface area contributed by atoms with Crippen molar-refractivity contribution >= 4 is 5.91 Å². The average Bonchev–Trinajstić information content (AvgIpc) is 2.58. The molecule has 0 radical (unpaired) electrons. The SMILES string of the molecule is NC1CCCC(C(=O)N2CC(O)C(O)C2)C1. The van der Waals surface area contributed by atoms with E-state index in [2.05, 4.69) is 0 Å². The summed E-state index contributed by atoms with van der Waals surface area (Å²) >= 11 is 0. The number of aliphatic hydroxyl groups is 2. The van der Waals surface area contributed by atoms with E-state index in [4.69, 9.17) is 5.73 Å². The lowest BCUT2D eigenvalue weighted by atomic mass is 9.85. The molecule has 5 nitrogen and oxygen atoms in total. The molecule has 2 fully saturated rings. The van der Waals surface area contributed by atoms with E-state index in [1.54, 1.807) is 4.90 Å². The van der Waals surface area contributed by atoms with E-state index in [1.165, 1.54) is 0 Å². The number of nitrogens with two attached hydrogens (primary N) is 1. The molecule has 0 aromatic heterocycles. The monoisotopic (exact) mass is 228 g/mol. The van der Waals surface area contributed by atoms with Gasteiger partial charge in [0.1, 0.15) is 0 Å². The second-order valence-corrected chi connectivity index (χ2v) is 5.00. The van der Waals surface area contributed by atoms with Crippen molar-refractivity contribution in [1.29, 1.82) is 0 Å². The van der Waals surface area contributed by atoms with Crippen molar-refractivity contribution < 1.29 is 15.0 Å². The maximum Gasteiger partial charge on any atom is 0.225 e. The highest BCUT2D eigenvalue weighted by Gasteiger charge is 2.36. The molecule has 0 bridgehead atoms. The Kier molecular flexibility index (Phi) is 3.47. The molecular weight excluding hydrogens is 208 g/mol. The van der Waals surface area contributed by atoms with Gasteiger partial charge in [0.05, 0.1) is 12.2 Å². The lowest BCUT2D eigenvalue weighted by molar-refractivity contribution is -0.136. The van der Waals surface area contributed by atoms with Crippen molar-refractivity contribution in [3.8, 4) is 0 Å². The number of hydrogen-bond acceptors (Lipinski definition) is 4. The average molecular weight is 228 g/mol. The fourth-order valence-corrected chi connectivity index (χ4v) is 2.66. The lowest BCUT2D eigenvalue weighted by Crippen LogP contribution is -2.40. The second-order valence-electron chi connectivity index (χ2n) is 5.00. The quantitative estimate of drug-likeness (QED) is 0.541. The summed E-state index contributed by atoms with van der Waals surface area (Å²) in [5, 5.41) is 18.8. The molecule has 2 aliphatic rings. The first-order valence-electron chi connectivity index (χ1n) is 5.98. The zero-order valence-corrected chi connectivity index (χ0v) is 9.38. The number of amides is 1. The Morgan fingerprint density at radius 3 is 2.38 bits per heavy atom. The summed E-state index contributed by atoms with van der Waals surface area (Å²) in [4.78, 5) is 13.7. The minimum atomic E-state index is -0.791. The van der Waals surface area contributed by atoms with Crippen molar-refractivity contribution in [3.05, 3.63) is 0 Å². The van der Waals surface area contributed by atoms with E-state index in [9.17, 15) is 15.0 Å². The predicted octanol–water partition coefficient (Wildman–Crippen LogP) is -0.932. The molecule has 4 N–H and O–H groups in total. The Bertz CT molecular complexity index is 255. The number of aliphatic hydroxyl groups excluding tert-OH is 2. The summed E-state index contributed by atoms with van der Waals surface area (Å²) in [7, 11) is 0. The summed E-state index contributed by atoms with van der Waals surface area (Å²) in [6, 6.07) is 0.125. The van der Waals surface area contributed by atoms with E-state index in [1.807, 2.05) is 0 Å². The van der Waals surface area contributed by atoms with Gasteiger partial charge in [-0.25, -0.2) is 0 Å². The fraction of sp³-hybridized carbons (Fsp3) is 0.909. The first-order valence-corrected chi connectivity index (χ1v) is 5.98. The number of β-amino-alcohol motifs (C(OH)–C–C–N with tert-alkyl or cyclic N) is 2. The van der Waals surface area contributed by atoms with Crippen molar-refractivity contribution in [2.45, 2.75) is 43.9 Å². The summed E-state index contributed by atoms with van der Waals surface area (Å²) in [5.41, 5.74) is 5.85. The summed E-state index contributed by atoms with van der Waals surface area (Å²) in [5.74, 6) is 0.0343. The van der Waals surface area contributed by atoms with Gasteiger partial charge in [-0.15, -0.1) is 0 Å². The third kappa shape index (κ3) is 2.36. The molecule has 2 rings (SSSR count). The number of nitrogens with zero attached hydrogens (tertiary/aromatic N) is 1. The van der Waals surface area contributed by atoms with Crippen LogP contribution in [-0.2, 0) is 4.79 Å². The zero-order chi connectivity index (χ0) is 11.7. The van der Waals surface area contributed by atoms with Gasteiger partial charge in [0.2, 0.25) is 5.91 Å². The molecule has 1 heterocycles. The van der Waals surface area contributed by atoms with Gasteiger partial charge in [0.25, 0.3) is 0 Å². The van der Waals surface area contributed by atoms with Crippen molar-refractivity contribution in [1.82, 2.24) is 4.90 Å². The summed E-state index contributed by atoms with van der Waals surface area (Å²) < 4.78 is 0. The van der Waals surface area contributed by atoms with Crippen LogP contribution in [0.1, 0.15) is 25.7 Å². The topological polar surface area (TPSA) is 86.8 Å². The predicted molar refractivity (Wildman–Crippen MR) is 58.5 cm³/mol. The molecule has 16 heavy (non-hydrogen) atoms. The van der Waals surface area contributed by atoms with Gasteiger partial charge in [-0.2, -0.15) is 0 Å². The molecule has 1 amide bonds. The van der Waals surface area contributed by atoms with Crippen molar-refractivity contribution in [2.75, 3.05) is 13.1 Å². The van der Waals surface area contributed by atoms with Crippen LogP contribution in [0.3, 0.4) is 0 Å². The van der Waals surface area contributed by atoms with Gasteiger partial charge in [0, 0.05) is 25.0 Å². The maximum atomic E-state index is 12.1. The molecule has 4 atom stereocenters. The maximum absolute atomic E-state index is 12.1. The summed E-state index contributed by atoms with van der Waals surface area (Å²) in [6.45, 7) is 0.511. The molecule has 1 aliphatic heterocycles. The van der Waals surface area contributed by atoms with Crippen LogP contribution in [0, 0.1) is 5.92 Å². The van der Waals surface area contributed by atoms with Crippen LogP contribution in [0.2, 0.25) is 0 Å². The molecule has 0 aromatic carbocycles. The van der Waals surface area contributed by atoms with Crippen LogP contribution < -0.4 is 5.73 Å². The number of rotatable bonds is 1. The van der Waals surface area contributed by atoms with Crippen LogP contribution in [0.5, 0.6) is 0 Å². The van der Waals surface area contributed by atoms with Crippen LogP contribution in [0.15, 0.2) is 0 Å². The molecule has 92 valence electrons. The molecule has 1 aliphatic carbocycles. The van der Waals surface area contributed by atoms with E-state index >= 15 is 0 Å². The van der Waals surface area contributed by atoms with Gasteiger partial charge < -0.3 is 20.8 Å². The third-order valence-corrected chi connectivity index (χ3v) is 3.63. The van der Waals surface area contributed by atoms with Gasteiger partial charge in [0.15, 0.2) is 0 Å². The normalized spacial score (nSPS) is 40.1. The molecule has 0 spiro atoms. The van der Waals surface area contributed by atoms with Crippen LogP contribution in [0.25, 0.3) is 0 Å². The molecule has 5 heteroatoms. The molecule has 1 saturated carbocycles. The highest BCUT2D eigenvalue weighted by Crippen LogP contribution is 2.26. The number of hydrogen-bond donors (Lipinski definition) is 3. The summed E-state index contributed by atoms with van der Waals surface area (Å²) in [6.07, 6.45) is 2.03. The van der Waals surface area contributed by atoms with Gasteiger partial charge >= 0.3 is 0 Å². The fourth-order valence-electron chi connectivity index (χ4n) is 2.66. The van der Waals surface area contributed by atoms with Crippen LogP contribution in [0.4, 0.5) is 0 Å². The molecular formula is C11H20N2O3. The van der Waals surface area contributed by atoms with Gasteiger partial charge in [-0.1, -0.05) is 6.42 Å².